The summed E-state index contributed by atoms with van der Waals surface area (Å²) in [6, 6.07) is 6.89. The van der Waals surface area contributed by atoms with Crippen LogP contribution in [0.3, 0.4) is 0 Å². The molecule has 0 fully saturated rings. The van der Waals surface area contributed by atoms with E-state index in [4.69, 9.17) is 5.11 Å². The smallest absolute Gasteiger partial charge is 0.360 e. The van der Waals surface area contributed by atoms with Crippen molar-refractivity contribution < 1.29 is 9.90 Å². The maximum Gasteiger partial charge on any atom is 0.360 e. The summed E-state index contributed by atoms with van der Waals surface area (Å²) in [6.07, 6.45) is 0. The molecule has 0 radical (unpaired) electrons. The van der Waals surface area contributed by atoms with Gasteiger partial charge >= 0.3 is 5.97 Å². The number of fused-ring (bicyclic) bond motifs is 1. The molecule has 2 rings (SSSR count). The monoisotopic (exact) mass is 204 g/mol. The molecule has 1 heterocycles. The Morgan fingerprint density at radius 1 is 1.40 bits per heavy atom. The zero-order valence-electron chi connectivity index (χ0n) is 7.97. The van der Waals surface area contributed by atoms with Crippen molar-refractivity contribution in [2.45, 2.75) is 0 Å². The average Bonchev–Trinajstić information content (AvgIpc) is 2.23. The van der Waals surface area contributed by atoms with Gasteiger partial charge in [0.25, 0.3) is 5.56 Å². The summed E-state index contributed by atoms with van der Waals surface area (Å²) in [5.74, 6) is -1.30. The van der Waals surface area contributed by atoms with Crippen LogP contribution < -0.4 is 5.56 Å². The fourth-order valence-corrected chi connectivity index (χ4v) is 1.42. The number of para-hydroxylation sites is 2. The quantitative estimate of drug-likeness (QED) is 0.739. The molecule has 1 aromatic carbocycles. The first-order valence-corrected chi connectivity index (χ1v) is 4.30. The largest absolute Gasteiger partial charge is 0.476 e. The number of hydrogen-bond acceptors (Lipinski definition) is 3. The van der Waals surface area contributed by atoms with E-state index in [1.54, 1.807) is 24.3 Å². The first kappa shape index (κ1) is 9.39. The number of carboxylic acid groups (broad SMARTS) is 1. The van der Waals surface area contributed by atoms with Gasteiger partial charge in [0.15, 0.2) is 0 Å². The average molecular weight is 204 g/mol. The third kappa shape index (κ3) is 1.38. The van der Waals surface area contributed by atoms with Crippen molar-refractivity contribution in [1.82, 2.24) is 9.55 Å². The zero-order chi connectivity index (χ0) is 11.0. The van der Waals surface area contributed by atoms with Gasteiger partial charge in [0.1, 0.15) is 0 Å². The maximum absolute atomic E-state index is 11.5. The Kier molecular flexibility index (Phi) is 2.00. The lowest BCUT2D eigenvalue weighted by Gasteiger charge is -2.04. The van der Waals surface area contributed by atoms with Crippen LogP contribution in [0.2, 0.25) is 0 Å². The number of aromatic carboxylic acids is 1. The lowest BCUT2D eigenvalue weighted by Crippen LogP contribution is -2.26. The van der Waals surface area contributed by atoms with Gasteiger partial charge in [-0.2, -0.15) is 0 Å². The highest BCUT2D eigenvalue weighted by Crippen LogP contribution is 2.08. The van der Waals surface area contributed by atoms with E-state index in [1.165, 1.54) is 11.6 Å². The fraction of sp³-hybridized carbons (Fsp3) is 0.100. The molecule has 5 nitrogen and oxygen atoms in total. The maximum atomic E-state index is 11.5. The second-order valence-electron chi connectivity index (χ2n) is 3.12. The summed E-state index contributed by atoms with van der Waals surface area (Å²) < 4.78 is 1.28. The number of aromatic nitrogens is 2. The molecular weight excluding hydrogens is 196 g/mol. The first-order chi connectivity index (χ1) is 7.11. The molecule has 5 heteroatoms. The molecule has 0 saturated carbocycles. The van der Waals surface area contributed by atoms with E-state index >= 15 is 0 Å². The third-order valence-corrected chi connectivity index (χ3v) is 2.19. The number of carboxylic acids is 1. The van der Waals surface area contributed by atoms with Crippen molar-refractivity contribution >= 4 is 17.0 Å². The van der Waals surface area contributed by atoms with E-state index < -0.39 is 17.2 Å². The summed E-state index contributed by atoms with van der Waals surface area (Å²) in [5.41, 5.74) is 0.0712. The summed E-state index contributed by atoms with van der Waals surface area (Å²) in [6.45, 7) is 0. The van der Waals surface area contributed by atoms with Crippen molar-refractivity contribution in [2.24, 2.45) is 7.05 Å². The molecule has 0 saturated heterocycles. The van der Waals surface area contributed by atoms with Crippen molar-refractivity contribution in [3.05, 3.63) is 40.3 Å². The van der Waals surface area contributed by atoms with Crippen LogP contribution >= 0.6 is 0 Å². The van der Waals surface area contributed by atoms with Gasteiger partial charge in [-0.05, 0) is 12.1 Å². The second-order valence-corrected chi connectivity index (χ2v) is 3.12. The summed E-state index contributed by atoms with van der Waals surface area (Å²) >= 11 is 0. The third-order valence-electron chi connectivity index (χ3n) is 2.19. The van der Waals surface area contributed by atoms with E-state index in [0.717, 1.165) is 0 Å². The van der Waals surface area contributed by atoms with Crippen LogP contribution in [-0.4, -0.2) is 20.6 Å². The molecule has 15 heavy (non-hydrogen) atoms. The highest BCUT2D eigenvalue weighted by Gasteiger charge is 2.13. The van der Waals surface area contributed by atoms with Gasteiger partial charge < -0.3 is 9.67 Å². The van der Waals surface area contributed by atoms with Crippen LogP contribution in [0.15, 0.2) is 29.1 Å². The Labute approximate surface area is 84.6 Å². The van der Waals surface area contributed by atoms with E-state index in [0.29, 0.717) is 11.0 Å². The summed E-state index contributed by atoms with van der Waals surface area (Å²) in [4.78, 5) is 26.1. The van der Waals surface area contributed by atoms with Crippen molar-refractivity contribution in [1.29, 1.82) is 0 Å². The molecule has 1 aromatic heterocycles. The number of nitrogens with zero attached hydrogens (tertiary/aromatic N) is 2. The Balaban J connectivity index is 2.95. The topological polar surface area (TPSA) is 72.2 Å². The van der Waals surface area contributed by atoms with Gasteiger partial charge in [-0.3, -0.25) is 4.79 Å². The molecule has 0 unspecified atom stereocenters. The molecule has 0 spiro atoms. The lowest BCUT2D eigenvalue weighted by molar-refractivity contribution is 0.0688. The minimum atomic E-state index is -1.30. The Morgan fingerprint density at radius 3 is 2.73 bits per heavy atom. The van der Waals surface area contributed by atoms with Crippen molar-refractivity contribution in [3.63, 3.8) is 0 Å². The van der Waals surface area contributed by atoms with Crippen LogP contribution in [0.25, 0.3) is 11.0 Å². The Morgan fingerprint density at radius 2 is 2.07 bits per heavy atom. The SMILES string of the molecule is Cn1c(=O)c(C(=O)O)nc2ccccc21. The first-order valence-electron chi connectivity index (χ1n) is 4.30. The minimum absolute atomic E-state index is 0.448. The van der Waals surface area contributed by atoms with E-state index in [-0.39, 0.29) is 0 Å². The van der Waals surface area contributed by atoms with Gasteiger partial charge in [0, 0.05) is 7.05 Å². The van der Waals surface area contributed by atoms with Gasteiger partial charge in [-0.25, -0.2) is 9.78 Å². The van der Waals surface area contributed by atoms with E-state index in [2.05, 4.69) is 4.98 Å². The fourth-order valence-electron chi connectivity index (χ4n) is 1.42. The standard InChI is InChI=1S/C10H8N2O3/c1-12-7-5-3-2-4-6(7)11-8(9(12)13)10(14)15/h2-5H,1H3,(H,14,15). The molecule has 0 aliphatic heterocycles. The van der Waals surface area contributed by atoms with Crippen LogP contribution in [0, 0.1) is 0 Å². The predicted octanol–water partition coefficient (Wildman–Crippen LogP) is 0.632. The van der Waals surface area contributed by atoms with Crippen LogP contribution in [0.1, 0.15) is 10.5 Å². The molecule has 0 amide bonds. The number of benzene rings is 1. The zero-order valence-corrected chi connectivity index (χ0v) is 7.97. The Bertz CT molecular complexity index is 601. The van der Waals surface area contributed by atoms with E-state index in [9.17, 15) is 9.59 Å². The molecule has 0 atom stereocenters. The van der Waals surface area contributed by atoms with Crippen molar-refractivity contribution in [2.75, 3.05) is 0 Å². The minimum Gasteiger partial charge on any atom is -0.476 e. The van der Waals surface area contributed by atoms with E-state index in [1.807, 2.05) is 0 Å². The molecular formula is C10H8N2O3. The normalized spacial score (nSPS) is 10.5. The predicted molar refractivity (Wildman–Crippen MR) is 53.9 cm³/mol. The molecule has 2 aromatic rings. The molecule has 76 valence electrons. The van der Waals surface area contributed by atoms with Gasteiger partial charge in [-0.15, -0.1) is 0 Å². The van der Waals surface area contributed by atoms with Gasteiger partial charge in [0.2, 0.25) is 5.69 Å². The Hall–Kier alpha value is -2.17. The number of rotatable bonds is 1. The second kappa shape index (κ2) is 3.20. The highest BCUT2D eigenvalue weighted by atomic mass is 16.4. The molecule has 0 aliphatic carbocycles. The lowest BCUT2D eigenvalue weighted by atomic mass is 10.3. The summed E-state index contributed by atoms with van der Waals surface area (Å²) in [7, 11) is 1.53. The van der Waals surface area contributed by atoms with Crippen LogP contribution in [0.5, 0.6) is 0 Å². The number of aryl methyl sites for hydroxylation is 1. The van der Waals surface area contributed by atoms with Gasteiger partial charge in [0.05, 0.1) is 11.0 Å². The number of carbonyl (C=O) groups is 1. The van der Waals surface area contributed by atoms with Crippen molar-refractivity contribution in [3.8, 4) is 0 Å². The summed E-state index contributed by atoms with van der Waals surface area (Å²) in [5, 5.41) is 8.77. The molecule has 1 N–H and O–H groups in total. The molecule has 0 aliphatic rings. The highest BCUT2D eigenvalue weighted by molar-refractivity contribution is 5.88. The van der Waals surface area contributed by atoms with Gasteiger partial charge in [-0.1, -0.05) is 12.1 Å². The van der Waals surface area contributed by atoms with Crippen LogP contribution in [-0.2, 0) is 7.05 Å². The number of hydrogen-bond donors (Lipinski definition) is 1. The van der Waals surface area contributed by atoms with Crippen LogP contribution in [0.4, 0.5) is 0 Å². The molecule has 0 bridgehead atoms.